The van der Waals surface area contributed by atoms with Gasteiger partial charge in [0.1, 0.15) is 6.17 Å². The maximum atomic E-state index is 14.8. The van der Waals surface area contributed by atoms with Crippen molar-refractivity contribution < 1.29 is 9.18 Å². The molecule has 0 unspecified atom stereocenters. The van der Waals surface area contributed by atoms with E-state index >= 15 is 0 Å². The molecule has 36 heavy (non-hydrogen) atoms. The molecule has 2 aliphatic rings. The van der Waals surface area contributed by atoms with E-state index in [-0.39, 0.29) is 11.9 Å². The Morgan fingerprint density at radius 2 is 2.06 bits per heavy atom. The van der Waals surface area contributed by atoms with Crippen molar-refractivity contribution in [1.29, 1.82) is 0 Å². The largest absolute Gasteiger partial charge is 0.378 e. The summed E-state index contributed by atoms with van der Waals surface area (Å²) in [4.78, 5) is 13.8. The van der Waals surface area contributed by atoms with E-state index in [2.05, 4.69) is 50.4 Å². The topological polar surface area (TPSA) is 60.8 Å². The molecule has 8 heteroatoms. The third-order valence-corrected chi connectivity index (χ3v) is 8.01. The Kier molecular flexibility index (Phi) is 7.40. The Labute approximate surface area is 216 Å². The minimum Gasteiger partial charge on any atom is -0.378 e. The van der Waals surface area contributed by atoms with Gasteiger partial charge in [0.15, 0.2) is 0 Å². The van der Waals surface area contributed by atoms with Crippen LogP contribution in [0.15, 0.2) is 47.5 Å². The van der Waals surface area contributed by atoms with Gasteiger partial charge in [0, 0.05) is 37.1 Å². The van der Waals surface area contributed by atoms with Gasteiger partial charge in [-0.1, -0.05) is 11.8 Å². The summed E-state index contributed by atoms with van der Waals surface area (Å²) in [5.74, 6) is 7.58. The molecule has 188 valence electrons. The van der Waals surface area contributed by atoms with Gasteiger partial charge in [-0.15, -0.1) is 11.8 Å². The lowest BCUT2D eigenvalue weighted by Gasteiger charge is -2.33. The number of nitrogens with zero attached hydrogens (tertiary/aromatic N) is 2. The van der Waals surface area contributed by atoms with Crippen molar-refractivity contribution in [2.75, 3.05) is 50.1 Å². The molecule has 5 rings (SSSR count). The van der Waals surface area contributed by atoms with Gasteiger partial charge in [0.05, 0.1) is 34.4 Å². The van der Waals surface area contributed by atoms with E-state index < -0.39 is 6.17 Å². The first-order valence-electron chi connectivity index (χ1n) is 12.5. The minimum atomic E-state index is -0.890. The number of aryl methyl sites for hydroxylation is 1. The van der Waals surface area contributed by atoms with Crippen molar-refractivity contribution in [1.82, 2.24) is 14.6 Å². The fourth-order valence-corrected chi connectivity index (χ4v) is 5.97. The van der Waals surface area contributed by atoms with Gasteiger partial charge in [0.25, 0.3) is 5.91 Å². The summed E-state index contributed by atoms with van der Waals surface area (Å²) in [7, 11) is 3.60. The molecular formula is C28H32FN5OS. The first-order chi connectivity index (χ1) is 17.5. The second kappa shape index (κ2) is 10.9. The molecule has 0 bridgehead atoms. The van der Waals surface area contributed by atoms with Crippen molar-refractivity contribution in [3.63, 3.8) is 0 Å². The van der Waals surface area contributed by atoms with Gasteiger partial charge >= 0.3 is 0 Å². The lowest BCUT2D eigenvalue weighted by atomic mass is 10.0. The van der Waals surface area contributed by atoms with E-state index in [0.29, 0.717) is 18.7 Å². The number of nitrogens with one attached hydrogen (secondary N) is 3. The Morgan fingerprint density at radius 1 is 1.22 bits per heavy atom. The van der Waals surface area contributed by atoms with Gasteiger partial charge < -0.3 is 25.3 Å². The summed E-state index contributed by atoms with van der Waals surface area (Å²) >= 11 is 1.85. The summed E-state index contributed by atoms with van der Waals surface area (Å²) in [5.41, 5.74) is 5.88. The van der Waals surface area contributed by atoms with Gasteiger partial charge in [-0.3, -0.25) is 4.79 Å². The zero-order chi connectivity index (χ0) is 25.1. The van der Waals surface area contributed by atoms with E-state index in [4.69, 9.17) is 0 Å². The van der Waals surface area contributed by atoms with Crippen LogP contribution in [0.1, 0.15) is 34.5 Å². The molecule has 2 aliphatic heterocycles. The highest BCUT2D eigenvalue weighted by Gasteiger charge is 2.28. The normalized spacial score (nSPS) is 19.8. The second-order valence-corrected chi connectivity index (χ2v) is 10.5. The van der Waals surface area contributed by atoms with Crippen LogP contribution in [0.3, 0.4) is 0 Å². The number of amides is 1. The average molecular weight is 506 g/mol. The number of likely N-dealkylation sites (tertiary alicyclic amines) is 1. The fraction of sp³-hybridized carbons (Fsp3) is 0.393. The third-order valence-electron chi connectivity index (χ3n) is 6.84. The number of piperidine rings is 1. The molecular weight excluding hydrogens is 473 g/mol. The Hall–Kier alpha value is -3.15. The number of carbonyl (C=O) groups is 1. The summed E-state index contributed by atoms with van der Waals surface area (Å²) in [6.07, 6.45) is 2.04. The van der Waals surface area contributed by atoms with E-state index in [1.807, 2.05) is 35.8 Å². The maximum absolute atomic E-state index is 14.8. The summed E-state index contributed by atoms with van der Waals surface area (Å²) in [6.45, 7) is 1.85. The standard InChI is InChI=1S/C28H32FN5OS/c1-30-27(35)19-7-9-21(10-8-19)31-14-3-5-20-17-26-25(32-24-13-15-33(2)18-23(24)29)12-11-22-6-4-16-36-28(20)34(22)26/h7-12,17,23-24,31-32H,4,6,13-16,18H2,1-2H3,(H,30,35)/t23-,24+/m0/s1. The lowest BCUT2D eigenvalue weighted by molar-refractivity contribution is 0.0963. The first kappa shape index (κ1) is 24.5. The highest BCUT2D eigenvalue weighted by atomic mass is 32.2. The number of aromatic nitrogens is 1. The van der Waals surface area contributed by atoms with Gasteiger partial charge in [-0.2, -0.15) is 0 Å². The number of pyridine rings is 1. The molecule has 6 nitrogen and oxygen atoms in total. The number of thioether (sulfide) groups is 1. The molecule has 0 aliphatic carbocycles. The number of carbonyl (C=O) groups excluding carboxylic acids is 1. The predicted molar refractivity (Wildman–Crippen MR) is 146 cm³/mol. The molecule has 3 aromatic rings. The number of anilines is 2. The van der Waals surface area contributed by atoms with E-state index in [1.165, 1.54) is 10.7 Å². The number of hydrogen-bond donors (Lipinski definition) is 3. The molecule has 1 amide bonds. The summed E-state index contributed by atoms with van der Waals surface area (Å²) < 4.78 is 17.1. The van der Waals surface area contributed by atoms with Crippen molar-refractivity contribution in [3.8, 4) is 11.8 Å². The summed E-state index contributed by atoms with van der Waals surface area (Å²) in [6, 6.07) is 13.6. The number of alkyl halides is 1. The Balaban J connectivity index is 1.36. The Morgan fingerprint density at radius 3 is 2.83 bits per heavy atom. The molecule has 1 fully saturated rings. The average Bonchev–Trinajstić information content (AvgIpc) is 3.11. The molecule has 4 heterocycles. The van der Waals surface area contributed by atoms with Crippen LogP contribution in [0, 0.1) is 11.8 Å². The smallest absolute Gasteiger partial charge is 0.251 e. The quantitative estimate of drug-likeness (QED) is 0.453. The zero-order valence-corrected chi connectivity index (χ0v) is 21.6. The predicted octanol–water partition coefficient (Wildman–Crippen LogP) is 4.25. The molecule has 0 radical (unpaired) electrons. The lowest BCUT2D eigenvalue weighted by Crippen LogP contribution is -2.46. The second-order valence-electron chi connectivity index (χ2n) is 9.40. The SMILES string of the molecule is CNC(=O)c1ccc(NCC#Cc2cc3c(N[C@@H]4CCN(C)C[C@@H]4F)ccc4n3c2SCCC4)cc1. The first-order valence-corrected chi connectivity index (χ1v) is 13.5. The molecule has 3 N–H and O–H groups in total. The van der Waals surface area contributed by atoms with Gasteiger partial charge in [-0.25, -0.2) is 4.39 Å². The molecule has 0 spiro atoms. The van der Waals surface area contributed by atoms with Crippen LogP contribution in [0.2, 0.25) is 0 Å². The van der Waals surface area contributed by atoms with Crippen LogP contribution in [-0.2, 0) is 6.42 Å². The van der Waals surface area contributed by atoms with Crippen LogP contribution >= 0.6 is 11.8 Å². The van der Waals surface area contributed by atoms with E-state index in [1.54, 1.807) is 19.2 Å². The number of benzene rings is 1. The van der Waals surface area contributed by atoms with E-state index in [0.717, 1.165) is 54.0 Å². The minimum absolute atomic E-state index is 0.101. The highest BCUT2D eigenvalue weighted by Crippen LogP contribution is 2.35. The maximum Gasteiger partial charge on any atom is 0.251 e. The van der Waals surface area contributed by atoms with Crippen molar-refractivity contribution in [2.24, 2.45) is 0 Å². The number of hydrogen-bond acceptors (Lipinski definition) is 5. The molecule has 2 atom stereocenters. The van der Waals surface area contributed by atoms with Crippen molar-refractivity contribution >= 4 is 34.6 Å². The van der Waals surface area contributed by atoms with Crippen LogP contribution in [-0.4, -0.2) is 66.9 Å². The third kappa shape index (κ3) is 5.18. The van der Waals surface area contributed by atoms with E-state index in [9.17, 15) is 9.18 Å². The van der Waals surface area contributed by atoms with Crippen molar-refractivity contribution in [3.05, 3.63) is 59.3 Å². The zero-order valence-electron chi connectivity index (χ0n) is 20.7. The Bertz CT molecular complexity index is 1310. The number of rotatable bonds is 5. The fourth-order valence-electron chi connectivity index (χ4n) is 4.88. The van der Waals surface area contributed by atoms with Crippen LogP contribution < -0.4 is 16.0 Å². The molecule has 0 saturated carbocycles. The van der Waals surface area contributed by atoms with Gasteiger partial charge in [0.2, 0.25) is 0 Å². The van der Waals surface area contributed by atoms with Gasteiger partial charge in [-0.05, 0) is 74.5 Å². The molecule has 1 saturated heterocycles. The van der Waals surface area contributed by atoms with Crippen LogP contribution in [0.5, 0.6) is 0 Å². The van der Waals surface area contributed by atoms with Crippen molar-refractivity contribution in [2.45, 2.75) is 36.5 Å². The highest BCUT2D eigenvalue weighted by molar-refractivity contribution is 7.99. The number of halogens is 1. The van der Waals surface area contributed by atoms with Crippen LogP contribution in [0.4, 0.5) is 15.8 Å². The monoisotopic (exact) mass is 505 g/mol. The molecule has 2 aromatic heterocycles. The summed E-state index contributed by atoms with van der Waals surface area (Å²) in [5, 5.41) is 10.6. The molecule has 1 aromatic carbocycles. The van der Waals surface area contributed by atoms with Crippen LogP contribution in [0.25, 0.3) is 5.52 Å².